The SMILES string of the molecule is CNC(Cc1csc(C)n1)c1ccc(F)c(Br)c1. The molecule has 18 heavy (non-hydrogen) atoms. The fourth-order valence-electron chi connectivity index (χ4n) is 1.83. The monoisotopic (exact) mass is 328 g/mol. The third kappa shape index (κ3) is 3.16. The number of benzene rings is 1. The van der Waals surface area contributed by atoms with Crippen molar-refractivity contribution < 1.29 is 4.39 Å². The molecule has 1 unspecified atom stereocenters. The van der Waals surface area contributed by atoms with Crippen LogP contribution in [0, 0.1) is 12.7 Å². The van der Waals surface area contributed by atoms with Crippen LogP contribution in [-0.2, 0) is 6.42 Å². The number of nitrogens with zero attached hydrogens (tertiary/aromatic N) is 1. The maximum Gasteiger partial charge on any atom is 0.137 e. The van der Waals surface area contributed by atoms with Crippen LogP contribution in [0.2, 0.25) is 0 Å². The van der Waals surface area contributed by atoms with Crippen molar-refractivity contribution in [1.82, 2.24) is 10.3 Å². The number of rotatable bonds is 4. The number of aryl methyl sites for hydroxylation is 1. The number of aromatic nitrogens is 1. The molecule has 0 amide bonds. The fraction of sp³-hybridized carbons (Fsp3) is 0.308. The van der Waals surface area contributed by atoms with Crippen LogP contribution in [0.5, 0.6) is 0 Å². The zero-order valence-electron chi connectivity index (χ0n) is 10.2. The number of hydrogen-bond acceptors (Lipinski definition) is 3. The molecule has 1 atom stereocenters. The first-order chi connectivity index (χ1) is 8.60. The largest absolute Gasteiger partial charge is 0.313 e. The van der Waals surface area contributed by atoms with E-state index in [-0.39, 0.29) is 11.9 Å². The zero-order valence-corrected chi connectivity index (χ0v) is 12.6. The Hall–Kier alpha value is -0.780. The van der Waals surface area contributed by atoms with E-state index in [0.29, 0.717) is 4.47 Å². The van der Waals surface area contributed by atoms with E-state index in [0.717, 1.165) is 22.7 Å². The first-order valence-electron chi connectivity index (χ1n) is 5.63. The van der Waals surface area contributed by atoms with Gasteiger partial charge >= 0.3 is 0 Å². The first-order valence-corrected chi connectivity index (χ1v) is 7.30. The predicted molar refractivity (Wildman–Crippen MR) is 76.5 cm³/mol. The van der Waals surface area contributed by atoms with E-state index >= 15 is 0 Å². The summed E-state index contributed by atoms with van der Waals surface area (Å²) >= 11 is 4.87. The van der Waals surface area contributed by atoms with Gasteiger partial charge in [-0.1, -0.05) is 6.07 Å². The van der Waals surface area contributed by atoms with Crippen LogP contribution in [0.15, 0.2) is 28.1 Å². The molecule has 96 valence electrons. The van der Waals surface area contributed by atoms with Crippen molar-refractivity contribution >= 4 is 27.3 Å². The average Bonchev–Trinajstić information content (AvgIpc) is 2.75. The van der Waals surface area contributed by atoms with Crippen LogP contribution in [-0.4, -0.2) is 12.0 Å². The van der Waals surface area contributed by atoms with Gasteiger partial charge in [0.2, 0.25) is 0 Å². The maximum absolute atomic E-state index is 13.2. The van der Waals surface area contributed by atoms with Gasteiger partial charge in [0.05, 0.1) is 15.2 Å². The van der Waals surface area contributed by atoms with E-state index in [1.165, 1.54) is 6.07 Å². The molecule has 0 aliphatic carbocycles. The molecule has 2 rings (SSSR count). The molecular formula is C13H14BrFN2S. The first kappa shape index (κ1) is 13.6. The Bertz CT molecular complexity index is 542. The highest BCUT2D eigenvalue weighted by atomic mass is 79.9. The second-order valence-corrected chi connectivity index (χ2v) is 5.99. The molecule has 0 aliphatic heterocycles. The Morgan fingerprint density at radius 1 is 1.50 bits per heavy atom. The molecule has 2 nitrogen and oxygen atoms in total. The molecule has 0 saturated carbocycles. The van der Waals surface area contributed by atoms with Crippen molar-refractivity contribution in [3.63, 3.8) is 0 Å². The summed E-state index contributed by atoms with van der Waals surface area (Å²) < 4.78 is 13.7. The van der Waals surface area contributed by atoms with Gasteiger partial charge in [0, 0.05) is 17.8 Å². The van der Waals surface area contributed by atoms with E-state index in [4.69, 9.17) is 0 Å². The third-order valence-corrected chi connectivity index (χ3v) is 4.20. The fourth-order valence-corrected chi connectivity index (χ4v) is 2.85. The Labute approximate surface area is 118 Å². The molecular weight excluding hydrogens is 315 g/mol. The molecule has 0 aliphatic rings. The Kier molecular flexibility index (Phi) is 4.48. The zero-order chi connectivity index (χ0) is 13.1. The van der Waals surface area contributed by atoms with Crippen LogP contribution in [0.1, 0.15) is 22.3 Å². The number of nitrogens with one attached hydrogen (secondary N) is 1. The molecule has 0 radical (unpaired) electrons. The molecule has 5 heteroatoms. The lowest BCUT2D eigenvalue weighted by Gasteiger charge is -2.16. The van der Waals surface area contributed by atoms with Gasteiger partial charge in [-0.15, -0.1) is 11.3 Å². The molecule has 0 spiro atoms. The van der Waals surface area contributed by atoms with Crippen molar-refractivity contribution in [2.45, 2.75) is 19.4 Å². The van der Waals surface area contributed by atoms with Crippen molar-refractivity contribution in [3.05, 3.63) is 50.1 Å². The molecule has 0 bridgehead atoms. The van der Waals surface area contributed by atoms with Crippen molar-refractivity contribution in [1.29, 1.82) is 0 Å². The summed E-state index contributed by atoms with van der Waals surface area (Å²) in [6.45, 7) is 2.00. The number of likely N-dealkylation sites (N-methyl/N-ethyl adjacent to an activating group) is 1. The standard InChI is InChI=1S/C13H14BrFN2S/c1-8-17-10(7-18-8)6-13(16-2)9-3-4-12(15)11(14)5-9/h3-5,7,13,16H,6H2,1-2H3. The van der Waals surface area contributed by atoms with Gasteiger partial charge in [-0.05, 0) is 47.6 Å². The van der Waals surface area contributed by atoms with Crippen molar-refractivity contribution in [2.75, 3.05) is 7.05 Å². The Morgan fingerprint density at radius 3 is 2.83 bits per heavy atom. The topological polar surface area (TPSA) is 24.9 Å². The molecule has 0 fully saturated rings. The summed E-state index contributed by atoms with van der Waals surface area (Å²) in [6, 6.07) is 5.25. The summed E-state index contributed by atoms with van der Waals surface area (Å²) in [7, 11) is 1.90. The second-order valence-electron chi connectivity index (χ2n) is 4.08. The van der Waals surface area contributed by atoms with E-state index < -0.39 is 0 Å². The van der Waals surface area contributed by atoms with E-state index in [2.05, 4.69) is 31.6 Å². The van der Waals surface area contributed by atoms with E-state index in [9.17, 15) is 4.39 Å². The van der Waals surface area contributed by atoms with Crippen LogP contribution in [0.25, 0.3) is 0 Å². The maximum atomic E-state index is 13.2. The smallest absolute Gasteiger partial charge is 0.137 e. The molecule has 1 aromatic heterocycles. The second kappa shape index (κ2) is 5.91. The summed E-state index contributed by atoms with van der Waals surface area (Å²) in [5, 5.41) is 6.38. The Morgan fingerprint density at radius 2 is 2.28 bits per heavy atom. The molecule has 1 aromatic carbocycles. The van der Waals surface area contributed by atoms with E-state index in [1.54, 1.807) is 17.4 Å². The highest BCUT2D eigenvalue weighted by Crippen LogP contribution is 2.24. The normalized spacial score (nSPS) is 12.7. The third-order valence-electron chi connectivity index (χ3n) is 2.77. The number of halogens is 2. The lowest BCUT2D eigenvalue weighted by Crippen LogP contribution is -2.19. The minimum atomic E-state index is -0.238. The average molecular weight is 329 g/mol. The minimum absolute atomic E-state index is 0.142. The van der Waals surface area contributed by atoms with Crippen LogP contribution >= 0.6 is 27.3 Å². The van der Waals surface area contributed by atoms with Gasteiger partial charge in [-0.2, -0.15) is 0 Å². The lowest BCUT2D eigenvalue weighted by molar-refractivity contribution is 0.578. The van der Waals surface area contributed by atoms with Crippen LogP contribution < -0.4 is 5.32 Å². The van der Waals surface area contributed by atoms with Gasteiger partial charge < -0.3 is 5.32 Å². The van der Waals surface area contributed by atoms with Gasteiger partial charge in [0.1, 0.15) is 5.82 Å². The van der Waals surface area contributed by atoms with Crippen LogP contribution in [0.3, 0.4) is 0 Å². The van der Waals surface area contributed by atoms with Gasteiger partial charge in [0.15, 0.2) is 0 Å². The molecule has 2 aromatic rings. The van der Waals surface area contributed by atoms with Crippen molar-refractivity contribution in [2.24, 2.45) is 0 Å². The summed E-state index contributed by atoms with van der Waals surface area (Å²) in [5.74, 6) is -0.238. The van der Waals surface area contributed by atoms with Gasteiger partial charge in [0.25, 0.3) is 0 Å². The van der Waals surface area contributed by atoms with Gasteiger partial charge in [-0.3, -0.25) is 0 Å². The van der Waals surface area contributed by atoms with E-state index in [1.807, 2.05) is 20.0 Å². The minimum Gasteiger partial charge on any atom is -0.313 e. The van der Waals surface area contributed by atoms with Crippen LogP contribution in [0.4, 0.5) is 4.39 Å². The van der Waals surface area contributed by atoms with Crippen molar-refractivity contribution in [3.8, 4) is 0 Å². The number of thiazole rings is 1. The van der Waals surface area contributed by atoms with Gasteiger partial charge in [-0.25, -0.2) is 9.37 Å². The molecule has 1 N–H and O–H groups in total. The summed E-state index contributed by atoms with van der Waals surface area (Å²) in [6.07, 6.45) is 0.804. The quantitative estimate of drug-likeness (QED) is 0.921. The summed E-state index contributed by atoms with van der Waals surface area (Å²) in [5.41, 5.74) is 2.12. The summed E-state index contributed by atoms with van der Waals surface area (Å²) in [4.78, 5) is 4.46. The Balaban J connectivity index is 2.19. The lowest BCUT2D eigenvalue weighted by atomic mass is 10.0. The highest BCUT2D eigenvalue weighted by molar-refractivity contribution is 9.10. The number of hydrogen-bond donors (Lipinski definition) is 1. The predicted octanol–water partition coefficient (Wildman–Crippen LogP) is 3.86. The molecule has 0 saturated heterocycles. The molecule has 1 heterocycles. The highest BCUT2D eigenvalue weighted by Gasteiger charge is 2.13.